The van der Waals surface area contributed by atoms with Gasteiger partial charge in [0.1, 0.15) is 0 Å². The first kappa shape index (κ1) is 69.3. The van der Waals surface area contributed by atoms with Crippen molar-refractivity contribution in [3.05, 3.63) is 217 Å². The van der Waals surface area contributed by atoms with Crippen molar-refractivity contribution in [2.24, 2.45) is 0 Å². The minimum absolute atomic E-state index is 0. The molecule has 6 heterocycles. The molecule has 2 radical (unpaired) electrons. The summed E-state index contributed by atoms with van der Waals surface area (Å²) in [6, 6.07) is 60.8. The molecule has 412 valence electrons. The Balaban J connectivity index is 0.000000475. The number of thiophene rings is 2. The molecule has 0 aliphatic carbocycles. The van der Waals surface area contributed by atoms with Crippen LogP contribution in [0, 0.1) is 18.2 Å². The zero-order valence-corrected chi connectivity index (χ0v) is 50.1. The summed E-state index contributed by atoms with van der Waals surface area (Å²) in [7, 11) is -4.09. The van der Waals surface area contributed by atoms with E-state index in [1.54, 1.807) is 35.1 Å². The average Bonchev–Trinajstić information content (AvgIpc) is 4.12. The largest absolute Gasteiger partial charge is 0.741 e. The first-order valence-electron chi connectivity index (χ1n) is 22.8. The molecule has 10 rings (SSSR count). The number of nitrogens with zero attached hydrogens (tertiary/aromatic N) is 4. The van der Waals surface area contributed by atoms with E-state index in [1.165, 1.54) is 36.9 Å². The van der Waals surface area contributed by atoms with Crippen molar-refractivity contribution in [3.8, 4) is 45.0 Å². The van der Waals surface area contributed by atoms with Crippen LogP contribution in [0.15, 0.2) is 187 Å². The molecule has 17 heteroatoms. The fourth-order valence-electron chi connectivity index (χ4n) is 6.52. The minimum atomic E-state index is -6.09. The van der Waals surface area contributed by atoms with Gasteiger partial charge in [0.2, 0.25) is 0 Å². The van der Waals surface area contributed by atoms with Crippen molar-refractivity contribution < 1.29 is 76.6 Å². The number of rotatable bonds is 4. The predicted octanol–water partition coefficient (Wildman–Crippen LogP) is 15.3. The van der Waals surface area contributed by atoms with Crippen LogP contribution >= 0.6 is 22.7 Å². The number of alkyl halides is 3. The number of fused-ring (bicyclic) bond motifs is 2. The zero-order valence-electron chi connectivity index (χ0n) is 42.8. The summed E-state index contributed by atoms with van der Waals surface area (Å²) in [4.78, 5) is 17.5. The van der Waals surface area contributed by atoms with Crippen LogP contribution in [-0.2, 0) is 61.2 Å². The van der Waals surface area contributed by atoms with Gasteiger partial charge in [-0.1, -0.05) is 110 Å². The van der Waals surface area contributed by atoms with E-state index >= 15 is 0 Å². The van der Waals surface area contributed by atoms with E-state index in [0.717, 1.165) is 53.7 Å². The second kappa shape index (κ2) is 33.6. The third-order valence-electron chi connectivity index (χ3n) is 10.3. The van der Waals surface area contributed by atoms with Crippen molar-refractivity contribution in [3.63, 3.8) is 0 Å². The summed E-state index contributed by atoms with van der Waals surface area (Å²) in [6.45, 7) is 13.2. The Morgan fingerprint density at radius 3 is 1.27 bits per heavy atom. The average molecular weight is 1460 g/mol. The third-order valence-corrected chi connectivity index (χ3v) is 12.6. The second-order valence-electron chi connectivity index (χ2n) is 17.4. The molecule has 0 fully saturated rings. The number of hydrogen-bond acceptors (Lipinski definition) is 11. The van der Waals surface area contributed by atoms with Gasteiger partial charge in [-0.2, -0.15) is 13.2 Å². The zero-order chi connectivity index (χ0) is 54.4. The summed E-state index contributed by atoms with van der Waals surface area (Å²) in [5, 5.41) is 20.7. The van der Waals surface area contributed by atoms with Crippen LogP contribution in [0.25, 0.3) is 65.2 Å². The number of hydrogen-bond donors (Lipinski definition) is 2. The Morgan fingerprint density at radius 1 is 0.494 bits per heavy atom. The van der Waals surface area contributed by atoms with Gasteiger partial charge in [-0.25, -0.2) is 8.42 Å². The minimum Gasteiger partial charge on any atom is -0.741 e. The number of pyridine rings is 4. The topological polar surface area (TPSA) is 149 Å². The molecule has 0 bridgehead atoms. The van der Waals surface area contributed by atoms with Crippen molar-refractivity contribution >= 4 is 53.0 Å². The van der Waals surface area contributed by atoms with E-state index in [1.807, 2.05) is 97.3 Å². The SMILES string of the molecule is C.CC(C)(C)c1c[c-]c(-c2ccccn2)cc1.CC(C)(C)c1c[c-]c(-c2ccccn2)cc1.CO.CO.O=S(=O)([O-])C(F)(F)F.[Ir].[Ir].[c-]1ccccc1-c1nccc2sccc12.c1ccc(-c2nccc3sccc23)cc1. The molecular formula is C60H61F3Ir2N4O5S3-4. The van der Waals surface area contributed by atoms with Gasteiger partial charge in [-0.3, -0.25) is 4.98 Å². The van der Waals surface area contributed by atoms with Gasteiger partial charge in [0.25, 0.3) is 0 Å². The first-order chi connectivity index (χ1) is 35.3. The molecule has 0 aliphatic heterocycles. The molecule has 0 saturated carbocycles. The Morgan fingerprint density at radius 2 is 0.909 bits per heavy atom. The molecule has 0 saturated heterocycles. The van der Waals surface area contributed by atoms with Crippen LogP contribution in [0.5, 0.6) is 0 Å². The van der Waals surface area contributed by atoms with E-state index in [2.05, 4.69) is 157 Å². The predicted molar refractivity (Wildman–Crippen MR) is 302 cm³/mol. The number of aromatic nitrogens is 4. The molecule has 10 aromatic rings. The Kier molecular flexibility index (Phi) is 30.2. The van der Waals surface area contributed by atoms with Gasteiger partial charge in [0, 0.05) is 99.6 Å². The smallest absolute Gasteiger partial charge is 0.485 e. The van der Waals surface area contributed by atoms with Crippen molar-refractivity contribution in [2.75, 3.05) is 14.2 Å². The van der Waals surface area contributed by atoms with Crippen LogP contribution in [0.1, 0.15) is 60.1 Å². The standard InChI is InChI=1S/2C15H16N.C13H9NS.C13H8NS.CHF3O3S.2CH4O.CH4.2Ir/c2*1-15(2,3)13-9-7-12(8-10-13)14-6-4-5-11-16-14;2*1-2-4-10(5-3-1)13-11-7-9-15-12(11)6-8-14-13;2-1(3,4)8(5,6)7;2*1-2;;;/h2*4-7,9-11H,1-3H3;1-9H;1-4,6-9H;(H,5,6,7);2*2H,1H3;1H4;;/q2*-1;;-1;;;;;;/p-1. The summed E-state index contributed by atoms with van der Waals surface area (Å²) >= 11 is 3.50. The molecule has 4 aromatic carbocycles. The molecule has 6 aromatic heterocycles. The third kappa shape index (κ3) is 21.6. The fourth-order valence-corrected chi connectivity index (χ4v) is 8.08. The maximum Gasteiger partial charge on any atom is 0.485 e. The van der Waals surface area contributed by atoms with E-state index in [9.17, 15) is 13.2 Å². The van der Waals surface area contributed by atoms with Crippen LogP contribution in [0.3, 0.4) is 0 Å². The van der Waals surface area contributed by atoms with Crippen molar-refractivity contribution in [2.45, 2.75) is 65.3 Å². The van der Waals surface area contributed by atoms with E-state index in [-0.39, 0.29) is 58.5 Å². The number of halogens is 3. The van der Waals surface area contributed by atoms with Gasteiger partial charge in [-0.15, -0.1) is 129 Å². The fraction of sp³-hybridized carbons (Fsp3) is 0.200. The van der Waals surface area contributed by atoms with E-state index < -0.39 is 15.6 Å². The molecule has 9 nitrogen and oxygen atoms in total. The maximum atomic E-state index is 10.7. The monoisotopic (exact) mass is 1460 g/mol. The Labute approximate surface area is 486 Å². The quantitative estimate of drug-likeness (QED) is 0.0997. The summed E-state index contributed by atoms with van der Waals surface area (Å²) in [5.74, 6) is 0. The maximum absolute atomic E-state index is 10.7. The van der Waals surface area contributed by atoms with Crippen molar-refractivity contribution in [1.82, 2.24) is 19.9 Å². The second-order valence-corrected chi connectivity index (χ2v) is 20.7. The Hall–Kier alpha value is -5.68. The molecule has 77 heavy (non-hydrogen) atoms. The van der Waals surface area contributed by atoms with E-state index in [4.69, 9.17) is 23.2 Å². The van der Waals surface area contributed by atoms with Gasteiger partial charge in [-0.05, 0) is 74.4 Å². The van der Waals surface area contributed by atoms with Crippen LogP contribution < -0.4 is 0 Å². The van der Waals surface area contributed by atoms with Gasteiger partial charge in [0.15, 0.2) is 10.1 Å². The molecule has 0 aliphatic rings. The number of aliphatic hydroxyl groups excluding tert-OH is 2. The summed E-state index contributed by atoms with van der Waals surface area (Å²) < 4.78 is 61.5. The van der Waals surface area contributed by atoms with Crippen LogP contribution in [0.4, 0.5) is 13.2 Å². The van der Waals surface area contributed by atoms with E-state index in [0.29, 0.717) is 0 Å². The molecule has 0 unspecified atom stereocenters. The molecule has 2 N–H and O–H groups in total. The summed E-state index contributed by atoms with van der Waals surface area (Å²) in [5.41, 5.74) is 5.70. The normalized spacial score (nSPS) is 10.5. The summed E-state index contributed by atoms with van der Waals surface area (Å²) in [6.07, 6.45) is 7.35. The molecular weight excluding hydrogens is 1390 g/mol. The number of benzene rings is 4. The molecule has 0 atom stereocenters. The van der Waals surface area contributed by atoms with Crippen molar-refractivity contribution in [1.29, 1.82) is 0 Å². The molecule has 0 spiro atoms. The molecule has 0 amide bonds. The first-order valence-corrected chi connectivity index (χ1v) is 25.9. The van der Waals surface area contributed by atoms with Gasteiger partial charge in [0.05, 0.1) is 5.69 Å². The van der Waals surface area contributed by atoms with Gasteiger partial charge < -0.3 is 29.7 Å². The number of aliphatic hydroxyl groups is 2. The van der Waals surface area contributed by atoms with Gasteiger partial charge >= 0.3 is 5.51 Å². The van der Waals surface area contributed by atoms with Crippen LogP contribution in [0.2, 0.25) is 0 Å². The Bertz CT molecular complexity index is 3090. The van der Waals surface area contributed by atoms with Crippen LogP contribution in [-0.4, -0.2) is 62.8 Å².